The number of hydrogen-bond acceptors (Lipinski definition) is 5. The summed E-state index contributed by atoms with van der Waals surface area (Å²) in [6.07, 6.45) is 2.43. The summed E-state index contributed by atoms with van der Waals surface area (Å²) >= 11 is 5.95. The van der Waals surface area contributed by atoms with Gasteiger partial charge in [-0.1, -0.05) is 29.8 Å². The fraction of sp³-hybridized carbons (Fsp3) is 0.158. The SMILES string of the molecule is O=C(NCCc1cccc(Cl)c1)c1ccc(NCc2ccccn2)nn1. The van der Waals surface area contributed by atoms with Crippen LogP contribution in [-0.2, 0) is 13.0 Å². The Morgan fingerprint density at radius 1 is 1.04 bits per heavy atom. The lowest BCUT2D eigenvalue weighted by Gasteiger charge is -2.07. The largest absolute Gasteiger partial charge is 0.363 e. The Kier molecular flexibility index (Phi) is 6.11. The maximum Gasteiger partial charge on any atom is 0.271 e. The quantitative estimate of drug-likeness (QED) is 0.670. The van der Waals surface area contributed by atoms with Crippen LogP contribution in [0.15, 0.2) is 60.8 Å². The maximum atomic E-state index is 12.1. The molecule has 26 heavy (non-hydrogen) atoms. The van der Waals surface area contributed by atoms with Gasteiger partial charge in [0.1, 0.15) is 5.82 Å². The second-order valence-electron chi connectivity index (χ2n) is 5.61. The van der Waals surface area contributed by atoms with Gasteiger partial charge in [0.15, 0.2) is 5.69 Å². The third-order valence-corrected chi connectivity index (χ3v) is 3.90. The highest BCUT2D eigenvalue weighted by atomic mass is 35.5. The smallest absolute Gasteiger partial charge is 0.271 e. The fourth-order valence-electron chi connectivity index (χ4n) is 2.33. The minimum Gasteiger partial charge on any atom is -0.363 e. The number of benzene rings is 1. The molecule has 0 unspecified atom stereocenters. The topological polar surface area (TPSA) is 79.8 Å². The lowest BCUT2D eigenvalue weighted by Crippen LogP contribution is -2.26. The predicted octanol–water partition coefficient (Wildman–Crippen LogP) is 3.11. The molecule has 0 fully saturated rings. The number of carbonyl (C=O) groups excluding carboxylic acids is 1. The van der Waals surface area contributed by atoms with Gasteiger partial charge >= 0.3 is 0 Å². The summed E-state index contributed by atoms with van der Waals surface area (Å²) in [4.78, 5) is 16.3. The number of halogens is 1. The standard InChI is InChI=1S/C19H18ClN5O/c20-15-5-3-4-14(12-15)9-11-22-19(26)17-7-8-18(25-24-17)23-13-16-6-1-2-10-21-16/h1-8,10,12H,9,11,13H2,(H,22,26)(H,23,25). The fourth-order valence-corrected chi connectivity index (χ4v) is 2.55. The van der Waals surface area contributed by atoms with Gasteiger partial charge in [-0.15, -0.1) is 10.2 Å². The summed E-state index contributed by atoms with van der Waals surface area (Å²) in [7, 11) is 0. The van der Waals surface area contributed by atoms with Crippen molar-refractivity contribution in [2.24, 2.45) is 0 Å². The first kappa shape index (κ1) is 17.8. The molecule has 7 heteroatoms. The van der Waals surface area contributed by atoms with E-state index in [9.17, 15) is 4.79 Å². The van der Waals surface area contributed by atoms with E-state index in [4.69, 9.17) is 11.6 Å². The lowest BCUT2D eigenvalue weighted by molar-refractivity contribution is 0.0948. The Labute approximate surface area is 156 Å². The molecule has 0 atom stereocenters. The first-order valence-electron chi connectivity index (χ1n) is 8.21. The molecule has 3 aromatic rings. The van der Waals surface area contributed by atoms with Gasteiger partial charge in [0.25, 0.3) is 5.91 Å². The van der Waals surface area contributed by atoms with E-state index < -0.39 is 0 Å². The van der Waals surface area contributed by atoms with Crippen LogP contribution in [0.3, 0.4) is 0 Å². The van der Waals surface area contributed by atoms with Crippen molar-refractivity contribution in [3.63, 3.8) is 0 Å². The molecule has 0 aliphatic carbocycles. The third kappa shape index (κ3) is 5.26. The molecule has 0 spiro atoms. The van der Waals surface area contributed by atoms with Gasteiger partial charge < -0.3 is 10.6 Å². The second-order valence-corrected chi connectivity index (χ2v) is 6.05. The summed E-state index contributed by atoms with van der Waals surface area (Å²) < 4.78 is 0. The average molecular weight is 368 g/mol. The third-order valence-electron chi connectivity index (χ3n) is 3.66. The highest BCUT2D eigenvalue weighted by Gasteiger charge is 2.08. The van der Waals surface area contributed by atoms with E-state index in [1.54, 1.807) is 18.3 Å². The zero-order valence-corrected chi connectivity index (χ0v) is 14.8. The van der Waals surface area contributed by atoms with Crippen molar-refractivity contribution in [3.8, 4) is 0 Å². The van der Waals surface area contributed by atoms with Crippen LogP contribution in [0.2, 0.25) is 5.02 Å². The summed E-state index contributed by atoms with van der Waals surface area (Å²) in [6.45, 7) is 1.04. The van der Waals surface area contributed by atoms with Crippen molar-refractivity contribution in [1.29, 1.82) is 0 Å². The molecule has 0 aliphatic heterocycles. The van der Waals surface area contributed by atoms with Crippen molar-refractivity contribution in [1.82, 2.24) is 20.5 Å². The van der Waals surface area contributed by atoms with E-state index >= 15 is 0 Å². The summed E-state index contributed by atoms with van der Waals surface area (Å²) in [6, 6.07) is 16.6. The Bertz CT molecular complexity index is 855. The minimum absolute atomic E-state index is 0.254. The molecule has 6 nitrogen and oxygen atoms in total. The molecule has 0 radical (unpaired) electrons. The van der Waals surface area contributed by atoms with Gasteiger partial charge in [-0.05, 0) is 48.4 Å². The molecule has 1 aromatic carbocycles. The van der Waals surface area contributed by atoms with Crippen molar-refractivity contribution in [2.75, 3.05) is 11.9 Å². The van der Waals surface area contributed by atoms with Crippen molar-refractivity contribution in [2.45, 2.75) is 13.0 Å². The van der Waals surface area contributed by atoms with Crippen molar-refractivity contribution >= 4 is 23.3 Å². The van der Waals surface area contributed by atoms with Gasteiger partial charge in [0.05, 0.1) is 12.2 Å². The van der Waals surface area contributed by atoms with Crippen molar-refractivity contribution < 1.29 is 4.79 Å². The Morgan fingerprint density at radius 2 is 1.96 bits per heavy atom. The summed E-state index contributed by atoms with van der Waals surface area (Å²) in [5.41, 5.74) is 2.24. The monoisotopic (exact) mass is 367 g/mol. The molecule has 132 valence electrons. The molecular weight excluding hydrogens is 350 g/mol. The number of nitrogens with one attached hydrogen (secondary N) is 2. The minimum atomic E-state index is -0.254. The lowest BCUT2D eigenvalue weighted by atomic mass is 10.1. The van der Waals surface area contributed by atoms with E-state index in [0.29, 0.717) is 30.4 Å². The number of aromatic nitrogens is 3. The average Bonchev–Trinajstić information content (AvgIpc) is 2.67. The highest BCUT2D eigenvalue weighted by Crippen LogP contribution is 2.10. The van der Waals surface area contributed by atoms with Crippen molar-refractivity contribution in [3.05, 3.63) is 82.8 Å². The first-order valence-corrected chi connectivity index (χ1v) is 8.59. The van der Waals surface area contributed by atoms with Crippen LogP contribution < -0.4 is 10.6 Å². The second kappa shape index (κ2) is 8.92. The van der Waals surface area contributed by atoms with Gasteiger partial charge in [0, 0.05) is 17.8 Å². The molecule has 2 N–H and O–H groups in total. The van der Waals surface area contributed by atoms with Crippen LogP contribution in [0, 0.1) is 0 Å². The van der Waals surface area contributed by atoms with E-state index in [1.165, 1.54) is 0 Å². The number of carbonyl (C=O) groups is 1. The van der Waals surface area contributed by atoms with Gasteiger partial charge in [-0.3, -0.25) is 9.78 Å². The number of hydrogen-bond donors (Lipinski definition) is 2. The Balaban J connectivity index is 1.47. The zero-order chi connectivity index (χ0) is 18.2. The van der Waals surface area contributed by atoms with Gasteiger partial charge in [-0.25, -0.2) is 0 Å². The van der Waals surface area contributed by atoms with E-state index in [0.717, 1.165) is 11.3 Å². The summed E-state index contributed by atoms with van der Waals surface area (Å²) in [5.74, 6) is 0.335. The van der Waals surface area contributed by atoms with Crippen LogP contribution in [0.25, 0.3) is 0 Å². The maximum absolute atomic E-state index is 12.1. The molecule has 0 bridgehead atoms. The number of anilines is 1. The predicted molar refractivity (Wildman–Crippen MR) is 101 cm³/mol. The van der Waals surface area contributed by atoms with Crippen LogP contribution in [0.4, 0.5) is 5.82 Å². The number of amides is 1. The molecule has 0 saturated heterocycles. The zero-order valence-electron chi connectivity index (χ0n) is 14.0. The van der Waals surface area contributed by atoms with Crippen LogP contribution in [0.1, 0.15) is 21.7 Å². The molecule has 2 aromatic heterocycles. The van der Waals surface area contributed by atoms with Crippen LogP contribution in [0.5, 0.6) is 0 Å². The summed E-state index contributed by atoms with van der Waals surface area (Å²) in [5, 5.41) is 14.6. The molecule has 1 amide bonds. The number of pyridine rings is 1. The molecule has 2 heterocycles. The van der Waals surface area contributed by atoms with E-state index in [2.05, 4.69) is 25.8 Å². The van der Waals surface area contributed by atoms with Gasteiger partial charge in [-0.2, -0.15) is 0 Å². The Hall–Kier alpha value is -2.99. The van der Waals surface area contributed by atoms with Gasteiger partial charge in [0.2, 0.25) is 0 Å². The van der Waals surface area contributed by atoms with Crippen LogP contribution in [-0.4, -0.2) is 27.6 Å². The highest BCUT2D eigenvalue weighted by molar-refractivity contribution is 6.30. The first-order chi connectivity index (χ1) is 12.7. The molecule has 0 aliphatic rings. The molecule has 0 saturated carbocycles. The van der Waals surface area contributed by atoms with E-state index in [-0.39, 0.29) is 11.6 Å². The van der Waals surface area contributed by atoms with Crippen LogP contribution >= 0.6 is 11.6 Å². The van der Waals surface area contributed by atoms with E-state index in [1.807, 2.05) is 42.5 Å². The number of rotatable bonds is 7. The number of nitrogens with zero attached hydrogens (tertiary/aromatic N) is 3. The normalized spacial score (nSPS) is 10.3. The molecular formula is C19H18ClN5O. The molecule has 3 rings (SSSR count). The Morgan fingerprint density at radius 3 is 2.69 bits per heavy atom.